The Morgan fingerprint density at radius 3 is 2.65 bits per heavy atom. The molecule has 2 heterocycles. The number of halogens is 3. The maximum Gasteiger partial charge on any atom is 0.416 e. The first-order valence-electron chi connectivity index (χ1n) is 10.00. The van der Waals surface area contributed by atoms with E-state index in [1.807, 2.05) is 31.2 Å². The highest BCUT2D eigenvalue weighted by Crippen LogP contribution is 2.31. The topological polar surface area (TPSA) is 45.2 Å². The highest BCUT2D eigenvalue weighted by Gasteiger charge is 2.30. The number of nitrogens with zero attached hydrogens (tertiary/aromatic N) is 2. The van der Waals surface area contributed by atoms with Crippen molar-refractivity contribution in [3.05, 3.63) is 88.1 Å². The van der Waals surface area contributed by atoms with Crippen molar-refractivity contribution >= 4 is 17.4 Å². The zero-order chi connectivity index (χ0) is 22.2. The van der Waals surface area contributed by atoms with E-state index in [1.165, 1.54) is 11.0 Å². The lowest BCUT2D eigenvalue weighted by Crippen LogP contribution is -2.28. The largest absolute Gasteiger partial charge is 0.416 e. The number of hydrogen-bond acceptors (Lipinski definition) is 3. The molecule has 0 saturated carbocycles. The van der Waals surface area contributed by atoms with E-state index in [-0.39, 0.29) is 5.91 Å². The van der Waals surface area contributed by atoms with Crippen molar-refractivity contribution in [3.8, 4) is 0 Å². The summed E-state index contributed by atoms with van der Waals surface area (Å²) in [5.74, 6) is 0.305. The highest BCUT2D eigenvalue weighted by molar-refractivity contribution is 6.07. The third-order valence-electron chi connectivity index (χ3n) is 5.41. The van der Waals surface area contributed by atoms with Gasteiger partial charge in [-0.1, -0.05) is 24.3 Å². The van der Waals surface area contributed by atoms with Crippen LogP contribution in [-0.2, 0) is 19.0 Å². The maximum atomic E-state index is 13.2. The van der Waals surface area contributed by atoms with Crippen molar-refractivity contribution < 1.29 is 18.0 Å². The monoisotopic (exact) mass is 425 g/mol. The molecular weight excluding hydrogens is 403 g/mol. The van der Waals surface area contributed by atoms with Crippen molar-refractivity contribution in [3.63, 3.8) is 0 Å². The summed E-state index contributed by atoms with van der Waals surface area (Å²) >= 11 is 0. The van der Waals surface area contributed by atoms with Crippen LogP contribution in [0.1, 0.15) is 38.3 Å². The SMILES string of the molecule is Cc1cc(Cc2cccc(C(F)(F)F)c2)cc(N(C)C(=O)c2cccc3c2CCN3)n1. The van der Waals surface area contributed by atoms with Crippen LogP contribution in [-0.4, -0.2) is 24.5 Å². The van der Waals surface area contributed by atoms with E-state index in [2.05, 4.69) is 10.3 Å². The molecule has 1 aromatic heterocycles. The molecule has 160 valence electrons. The van der Waals surface area contributed by atoms with Crippen molar-refractivity contribution in [1.29, 1.82) is 0 Å². The molecule has 0 atom stereocenters. The van der Waals surface area contributed by atoms with Crippen LogP contribution < -0.4 is 10.2 Å². The number of aryl methyl sites for hydroxylation is 1. The van der Waals surface area contributed by atoms with Crippen molar-refractivity contribution in [2.75, 3.05) is 23.8 Å². The van der Waals surface area contributed by atoms with E-state index in [0.717, 1.165) is 41.9 Å². The van der Waals surface area contributed by atoms with Crippen LogP contribution in [0.25, 0.3) is 0 Å². The van der Waals surface area contributed by atoms with Crippen LogP contribution in [0, 0.1) is 6.92 Å². The molecule has 1 amide bonds. The number of pyridine rings is 1. The molecule has 0 spiro atoms. The predicted molar refractivity (Wildman–Crippen MR) is 115 cm³/mol. The number of rotatable bonds is 4. The number of alkyl halides is 3. The lowest BCUT2D eigenvalue weighted by molar-refractivity contribution is -0.137. The summed E-state index contributed by atoms with van der Waals surface area (Å²) in [6.07, 6.45) is -3.28. The molecule has 1 aliphatic rings. The Balaban J connectivity index is 1.61. The molecule has 0 fully saturated rings. The molecule has 0 unspecified atom stereocenters. The van der Waals surface area contributed by atoms with E-state index >= 15 is 0 Å². The molecule has 0 radical (unpaired) electrons. The molecule has 3 aromatic rings. The second kappa shape index (κ2) is 8.06. The number of amides is 1. The second-order valence-corrected chi connectivity index (χ2v) is 7.72. The summed E-state index contributed by atoms with van der Waals surface area (Å²) in [7, 11) is 1.67. The van der Waals surface area contributed by atoms with Crippen molar-refractivity contribution in [2.45, 2.75) is 25.9 Å². The molecule has 0 aliphatic carbocycles. The summed E-state index contributed by atoms with van der Waals surface area (Å²) < 4.78 is 39.1. The number of nitrogens with one attached hydrogen (secondary N) is 1. The molecule has 1 aliphatic heterocycles. The van der Waals surface area contributed by atoms with Crippen LogP contribution in [0.15, 0.2) is 54.6 Å². The highest BCUT2D eigenvalue weighted by atomic mass is 19.4. The van der Waals surface area contributed by atoms with Gasteiger partial charge in [0.05, 0.1) is 5.56 Å². The number of hydrogen-bond donors (Lipinski definition) is 1. The Kier molecular flexibility index (Phi) is 5.43. The van der Waals surface area contributed by atoms with Crippen molar-refractivity contribution in [2.24, 2.45) is 0 Å². The van der Waals surface area contributed by atoms with Gasteiger partial charge < -0.3 is 5.32 Å². The molecule has 1 N–H and O–H groups in total. The zero-order valence-electron chi connectivity index (χ0n) is 17.3. The third kappa shape index (κ3) is 4.40. The first-order valence-corrected chi connectivity index (χ1v) is 10.00. The molecule has 0 saturated heterocycles. The second-order valence-electron chi connectivity index (χ2n) is 7.72. The van der Waals surface area contributed by atoms with Gasteiger partial charge in [-0.05, 0) is 66.8 Å². The van der Waals surface area contributed by atoms with Crippen LogP contribution >= 0.6 is 0 Å². The number of benzene rings is 2. The first kappa shape index (κ1) is 20.9. The van der Waals surface area contributed by atoms with Gasteiger partial charge in [-0.3, -0.25) is 9.69 Å². The van der Waals surface area contributed by atoms with Gasteiger partial charge in [0.15, 0.2) is 0 Å². The Morgan fingerprint density at radius 1 is 1.10 bits per heavy atom. The van der Waals surface area contributed by atoms with Gasteiger partial charge in [0.2, 0.25) is 0 Å². The first-order chi connectivity index (χ1) is 14.7. The minimum Gasteiger partial charge on any atom is -0.384 e. The van der Waals surface area contributed by atoms with Gasteiger partial charge in [0.25, 0.3) is 5.91 Å². The van der Waals surface area contributed by atoms with Gasteiger partial charge in [0.1, 0.15) is 5.82 Å². The minimum atomic E-state index is -4.38. The quantitative estimate of drug-likeness (QED) is 0.622. The number of carbonyl (C=O) groups is 1. The van der Waals surface area contributed by atoms with Crippen LogP contribution in [0.2, 0.25) is 0 Å². The number of aromatic nitrogens is 1. The fourth-order valence-corrected chi connectivity index (χ4v) is 3.92. The van der Waals surface area contributed by atoms with Gasteiger partial charge >= 0.3 is 6.18 Å². The van der Waals surface area contributed by atoms with Crippen molar-refractivity contribution in [1.82, 2.24) is 4.98 Å². The minimum absolute atomic E-state index is 0.163. The summed E-state index contributed by atoms with van der Waals surface area (Å²) in [6, 6.07) is 14.5. The van der Waals surface area contributed by atoms with Gasteiger partial charge in [-0.25, -0.2) is 4.98 Å². The lowest BCUT2D eigenvalue weighted by Gasteiger charge is -2.19. The molecule has 4 nitrogen and oxygen atoms in total. The molecule has 4 rings (SSSR count). The Morgan fingerprint density at radius 2 is 1.87 bits per heavy atom. The zero-order valence-corrected chi connectivity index (χ0v) is 17.3. The van der Waals surface area contributed by atoms with E-state index in [1.54, 1.807) is 19.2 Å². The number of anilines is 2. The van der Waals surface area contributed by atoms with Gasteiger partial charge in [-0.2, -0.15) is 13.2 Å². The maximum absolute atomic E-state index is 13.2. The van der Waals surface area contributed by atoms with Crippen LogP contribution in [0.5, 0.6) is 0 Å². The molecule has 2 aromatic carbocycles. The summed E-state index contributed by atoms with van der Waals surface area (Å²) in [5, 5.41) is 3.27. The lowest BCUT2D eigenvalue weighted by atomic mass is 10.0. The Bertz CT molecular complexity index is 1140. The predicted octanol–water partition coefficient (Wildman–Crippen LogP) is 5.24. The molecule has 7 heteroatoms. The normalized spacial score (nSPS) is 12.9. The van der Waals surface area contributed by atoms with E-state index in [9.17, 15) is 18.0 Å². The third-order valence-corrected chi connectivity index (χ3v) is 5.41. The number of fused-ring (bicyclic) bond motifs is 1. The Labute approximate surface area is 178 Å². The van der Waals surface area contributed by atoms with Gasteiger partial charge in [0, 0.05) is 30.5 Å². The van der Waals surface area contributed by atoms with E-state index in [0.29, 0.717) is 29.1 Å². The Hall–Kier alpha value is -3.35. The summed E-state index contributed by atoms with van der Waals surface area (Å²) in [6.45, 7) is 2.61. The fourth-order valence-electron chi connectivity index (χ4n) is 3.92. The molecule has 31 heavy (non-hydrogen) atoms. The summed E-state index contributed by atoms with van der Waals surface area (Å²) in [4.78, 5) is 19.2. The average Bonchev–Trinajstić information content (AvgIpc) is 3.21. The smallest absolute Gasteiger partial charge is 0.384 e. The summed E-state index contributed by atoms with van der Waals surface area (Å²) in [5.41, 5.74) is 3.97. The van der Waals surface area contributed by atoms with Crippen LogP contribution in [0.4, 0.5) is 24.7 Å². The average molecular weight is 425 g/mol. The fraction of sp³-hybridized carbons (Fsp3) is 0.250. The van der Waals surface area contributed by atoms with E-state index < -0.39 is 11.7 Å². The van der Waals surface area contributed by atoms with Crippen LogP contribution in [0.3, 0.4) is 0 Å². The standard InChI is InChI=1S/C24H22F3N3O/c1-15-11-17(12-16-5-3-6-18(13-16)24(25,26)27)14-22(29-15)30(2)23(31)20-7-4-8-21-19(20)9-10-28-21/h3-8,11,13-14,28H,9-10,12H2,1-2H3. The molecular formula is C24H22F3N3O. The van der Waals surface area contributed by atoms with Gasteiger partial charge in [-0.15, -0.1) is 0 Å². The molecule has 0 bridgehead atoms. The van der Waals surface area contributed by atoms with E-state index in [4.69, 9.17) is 0 Å². The number of carbonyl (C=O) groups excluding carboxylic acids is 1.